The smallest absolute Gasteiger partial charge is 0.0624 e. The predicted octanol–water partition coefficient (Wildman–Crippen LogP) is 1.57. The lowest BCUT2D eigenvalue weighted by molar-refractivity contribution is 0.228. The Kier molecular flexibility index (Phi) is 3.78. The highest BCUT2D eigenvalue weighted by molar-refractivity contribution is 5.86. The van der Waals surface area contributed by atoms with Gasteiger partial charge in [-0.3, -0.25) is 9.58 Å². The molecule has 0 aromatic carbocycles. The van der Waals surface area contributed by atoms with E-state index in [1.807, 2.05) is 10.9 Å². The first-order valence-electron chi connectivity index (χ1n) is 6.17. The molecule has 1 saturated heterocycles. The van der Waals surface area contributed by atoms with Crippen LogP contribution in [0.5, 0.6) is 0 Å². The summed E-state index contributed by atoms with van der Waals surface area (Å²) >= 11 is 0. The van der Waals surface area contributed by atoms with Gasteiger partial charge in [-0.05, 0) is 6.92 Å². The van der Waals surface area contributed by atoms with Crippen LogP contribution >= 0.6 is 0 Å². The van der Waals surface area contributed by atoms with Crippen LogP contribution in [0.3, 0.4) is 0 Å². The van der Waals surface area contributed by atoms with Crippen molar-refractivity contribution in [3.63, 3.8) is 0 Å². The lowest BCUT2D eigenvalue weighted by atomic mass is 9.97. The maximum Gasteiger partial charge on any atom is 0.0624 e. The first-order chi connectivity index (χ1) is 8.22. The zero-order chi connectivity index (χ0) is 12.3. The molecule has 0 bridgehead atoms. The minimum absolute atomic E-state index is 0.343. The highest BCUT2D eigenvalue weighted by Crippen LogP contribution is 2.16. The summed E-state index contributed by atoms with van der Waals surface area (Å²) in [5, 5.41) is 16.5. The molecular weight excluding hydrogens is 216 g/mol. The number of rotatable bonds is 3. The number of hydrogen-bond acceptors (Lipinski definition) is 4. The summed E-state index contributed by atoms with van der Waals surface area (Å²) in [6.07, 6.45) is 4.89. The van der Waals surface area contributed by atoms with Gasteiger partial charge in [0, 0.05) is 50.3 Å². The highest BCUT2D eigenvalue weighted by Gasteiger charge is 2.22. The van der Waals surface area contributed by atoms with E-state index in [1.54, 1.807) is 0 Å². The van der Waals surface area contributed by atoms with Crippen molar-refractivity contribution in [1.29, 1.82) is 0 Å². The Morgan fingerprint density at radius 2 is 2.41 bits per heavy atom. The third-order valence-corrected chi connectivity index (χ3v) is 3.33. The van der Waals surface area contributed by atoms with Crippen LogP contribution in [0.15, 0.2) is 17.5 Å². The number of nitrogens with zero attached hydrogens (tertiary/aromatic N) is 4. The molecule has 17 heavy (non-hydrogen) atoms. The molecule has 5 heteroatoms. The van der Waals surface area contributed by atoms with Crippen LogP contribution in [0.2, 0.25) is 0 Å². The maximum atomic E-state index is 8.83. The molecule has 2 rings (SSSR count). The fourth-order valence-corrected chi connectivity index (χ4v) is 2.31. The maximum absolute atomic E-state index is 8.83. The topological polar surface area (TPSA) is 53.7 Å². The third-order valence-electron chi connectivity index (χ3n) is 3.33. The summed E-state index contributed by atoms with van der Waals surface area (Å²) in [4.78, 5) is 2.39. The van der Waals surface area contributed by atoms with E-state index < -0.39 is 0 Å². The van der Waals surface area contributed by atoms with Gasteiger partial charge in [0.1, 0.15) is 0 Å². The zero-order valence-corrected chi connectivity index (χ0v) is 10.5. The standard InChI is InChI=1S/C12H20N4O/c1-3-16-9-11(6-13-16)8-15-5-4-12(14-17)10(2)7-15/h6,9-10,17H,3-5,7-8H2,1-2H3/b14-12-. The quantitative estimate of drug-likeness (QED) is 0.640. The second-order valence-corrected chi connectivity index (χ2v) is 4.68. The summed E-state index contributed by atoms with van der Waals surface area (Å²) in [6.45, 7) is 7.96. The fourth-order valence-electron chi connectivity index (χ4n) is 2.31. The molecule has 1 fully saturated rings. The van der Waals surface area contributed by atoms with Crippen molar-refractivity contribution >= 4 is 5.71 Å². The molecule has 2 heterocycles. The first kappa shape index (κ1) is 12.1. The largest absolute Gasteiger partial charge is 0.411 e. The highest BCUT2D eigenvalue weighted by atomic mass is 16.4. The molecule has 1 aromatic rings. The van der Waals surface area contributed by atoms with Gasteiger partial charge in [-0.1, -0.05) is 12.1 Å². The third kappa shape index (κ3) is 2.85. The molecule has 5 nitrogen and oxygen atoms in total. The number of aryl methyl sites for hydroxylation is 1. The van der Waals surface area contributed by atoms with Crippen LogP contribution in [0.25, 0.3) is 0 Å². The zero-order valence-electron chi connectivity index (χ0n) is 10.5. The number of aromatic nitrogens is 2. The van der Waals surface area contributed by atoms with Gasteiger partial charge in [-0.15, -0.1) is 0 Å². The fraction of sp³-hybridized carbons (Fsp3) is 0.667. The minimum Gasteiger partial charge on any atom is -0.411 e. The van der Waals surface area contributed by atoms with Gasteiger partial charge >= 0.3 is 0 Å². The summed E-state index contributed by atoms with van der Waals surface area (Å²) in [5.74, 6) is 0.343. The van der Waals surface area contributed by atoms with Gasteiger partial charge in [0.25, 0.3) is 0 Å². The molecule has 0 spiro atoms. The Balaban J connectivity index is 1.92. The number of piperidine rings is 1. The SMILES string of the molecule is CCn1cc(CN2CC/C(=N/O)C(C)C2)cn1. The van der Waals surface area contributed by atoms with Gasteiger partial charge < -0.3 is 5.21 Å². The Bertz CT molecular complexity index is 399. The minimum atomic E-state index is 0.343. The van der Waals surface area contributed by atoms with E-state index in [1.165, 1.54) is 5.56 Å². The molecule has 1 atom stereocenters. The molecular formula is C12H20N4O. The van der Waals surface area contributed by atoms with Crippen LogP contribution in [-0.4, -0.2) is 38.7 Å². The van der Waals surface area contributed by atoms with Crippen molar-refractivity contribution in [2.45, 2.75) is 33.4 Å². The van der Waals surface area contributed by atoms with Gasteiger partial charge in [-0.25, -0.2) is 0 Å². The molecule has 1 aliphatic rings. The van der Waals surface area contributed by atoms with Crippen molar-refractivity contribution < 1.29 is 5.21 Å². The van der Waals surface area contributed by atoms with Crippen molar-refractivity contribution in [2.75, 3.05) is 13.1 Å². The van der Waals surface area contributed by atoms with Crippen LogP contribution in [-0.2, 0) is 13.1 Å². The molecule has 0 amide bonds. The summed E-state index contributed by atoms with van der Waals surface area (Å²) in [6, 6.07) is 0. The lowest BCUT2D eigenvalue weighted by Gasteiger charge is -2.30. The molecule has 1 aliphatic heterocycles. The molecule has 0 radical (unpaired) electrons. The van der Waals surface area contributed by atoms with Crippen molar-refractivity contribution in [2.24, 2.45) is 11.1 Å². The second kappa shape index (κ2) is 5.31. The Labute approximate surface area is 102 Å². The molecule has 0 aliphatic carbocycles. The molecule has 1 N–H and O–H groups in total. The van der Waals surface area contributed by atoms with E-state index in [9.17, 15) is 0 Å². The normalized spacial score (nSPS) is 24.4. The number of likely N-dealkylation sites (tertiary alicyclic amines) is 1. The lowest BCUT2D eigenvalue weighted by Crippen LogP contribution is -2.39. The van der Waals surface area contributed by atoms with Crippen molar-refractivity contribution in [3.8, 4) is 0 Å². The van der Waals surface area contributed by atoms with Crippen molar-refractivity contribution in [1.82, 2.24) is 14.7 Å². The predicted molar refractivity (Wildman–Crippen MR) is 66.2 cm³/mol. The average molecular weight is 236 g/mol. The average Bonchev–Trinajstić information content (AvgIpc) is 2.77. The van der Waals surface area contributed by atoms with Gasteiger partial charge in [0.15, 0.2) is 0 Å². The van der Waals surface area contributed by atoms with Gasteiger partial charge in [0.05, 0.1) is 11.9 Å². The molecule has 1 unspecified atom stereocenters. The van der Waals surface area contributed by atoms with Gasteiger partial charge in [0.2, 0.25) is 0 Å². The van der Waals surface area contributed by atoms with E-state index in [-0.39, 0.29) is 0 Å². The van der Waals surface area contributed by atoms with E-state index in [2.05, 4.69) is 35.2 Å². The van der Waals surface area contributed by atoms with E-state index in [4.69, 9.17) is 5.21 Å². The second-order valence-electron chi connectivity index (χ2n) is 4.68. The Morgan fingerprint density at radius 3 is 3.00 bits per heavy atom. The monoisotopic (exact) mass is 236 g/mol. The van der Waals surface area contributed by atoms with E-state index in [0.29, 0.717) is 5.92 Å². The van der Waals surface area contributed by atoms with Crippen LogP contribution in [0.1, 0.15) is 25.8 Å². The Hall–Kier alpha value is -1.36. The Morgan fingerprint density at radius 1 is 1.59 bits per heavy atom. The molecule has 94 valence electrons. The van der Waals surface area contributed by atoms with Gasteiger partial charge in [-0.2, -0.15) is 5.10 Å². The molecule has 0 saturated carbocycles. The number of oxime groups is 1. The van der Waals surface area contributed by atoms with Crippen LogP contribution in [0, 0.1) is 5.92 Å². The first-order valence-corrected chi connectivity index (χ1v) is 6.17. The summed E-state index contributed by atoms with van der Waals surface area (Å²) in [5.41, 5.74) is 2.17. The van der Waals surface area contributed by atoms with Crippen molar-refractivity contribution in [3.05, 3.63) is 18.0 Å². The number of hydrogen-bond donors (Lipinski definition) is 1. The summed E-state index contributed by atoms with van der Waals surface area (Å²) in [7, 11) is 0. The van der Waals surface area contributed by atoms with Crippen LogP contribution < -0.4 is 0 Å². The molecule has 1 aromatic heterocycles. The van der Waals surface area contributed by atoms with E-state index in [0.717, 1.165) is 38.3 Å². The summed E-state index contributed by atoms with van der Waals surface area (Å²) < 4.78 is 1.95. The van der Waals surface area contributed by atoms with E-state index >= 15 is 0 Å². The van der Waals surface area contributed by atoms with Crippen LogP contribution in [0.4, 0.5) is 0 Å².